The van der Waals surface area contributed by atoms with Gasteiger partial charge in [0.25, 0.3) is 11.1 Å². The summed E-state index contributed by atoms with van der Waals surface area (Å²) < 4.78 is 3.45. The van der Waals surface area contributed by atoms with E-state index in [-0.39, 0.29) is 11.1 Å². The predicted molar refractivity (Wildman–Crippen MR) is 168 cm³/mol. The molecule has 6 aromatic carbocycles. The second-order valence-electron chi connectivity index (χ2n) is 10.3. The van der Waals surface area contributed by atoms with Gasteiger partial charge in [0.05, 0.1) is 11.0 Å². The Bertz CT molecular complexity index is 2230. The van der Waals surface area contributed by atoms with Crippen molar-refractivity contribution in [1.29, 1.82) is 0 Å². The molecule has 0 saturated carbocycles. The molecule has 1 heterocycles. The van der Waals surface area contributed by atoms with E-state index in [1.807, 2.05) is 123 Å². The highest BCUT2D eigenvalue weighted by molar-refractivity contribution is 6.09. The molecular formula is C36H26N2O2. The van der Waals surface area contributed by atoms with Crippen LogP contribution in [0.3, 0.4) is 0 Å². The summed E-state index contributed by atoms with van der Waals surface area (Å²) in [6.45, 7) is 0. The maximum Gasteiger partial charge on any atom is 0.258 e. The van der Waals surface area contributed by atoms with Gasteiger partial charge in [0.15, 0.2) is 0 Å². The van der Waals surface area contributed by atoms with Crippen LogP contribution in [0.1, 0.15) is 0 Å². The Morgan fingerprint density at radius 1 is 0.375 bits per heavy atom. The summed E-state index contributed by atoms with van der Waals surface area (Å²) in [5, 5.41) is 8.50. The van der Waals surface area contributed by atoms with Crippen molar-refractivity contribution in [3.63, 3.8) is 0 Å². The van der Waals surface area contributed by atoms with Gasteiger partial charge < -0.3 is 9.13 Å². The summed E-state index contributed by atoms with van der Waals surface area (Å²) in [7, 11) is 3.65. The van der Waals surface area contributed by atoms with Crippen LogP contribution in [0.5, 0.6) is 0 Å². The molecule has 7 aromatic rings. The molecule has 0 atom stereocenters. The molecule has 0 N–H and O–H groups in total. The average Bonchev–Trinajstić information content (AvgIpc) is 3.02. The Morgan fingerprint density at radius 2 is 0.725 bits per heavy atom. The zero-order chi connectivity index (χ0) is 27.4. The molecule has 0 unspecified atom stereocenters. The Hall–Kier alpha value is -5.22. The highest BCUT2D eigenvalue weighted by Crippen LogP contribution is 2.27. The summed E-state index contributed by atoms with van der Waals surface area (Å²) in [4.78, 5) is 28.6. The van der Waals surface area contributed by atoms with Crippen molar-refractivity contribution in [3.8, 4) is 0 Å². The van der Waals surface area contributed by atoms with Crippen molar-refractivity contribution in [2.75, 3.05) is 0 Å². The lowest BCUT2D eigenvalue weighted by atomic mass is 10.0. The minimum Gasteiger partial charge on any atom is -0.311 e. The van der Waals surface area contributed by atoms with Crippen molar-refractivity contribution in [1.82, 2.24) is 9.13 Å². The van der Waals surface area contributed by atoms with E-state index in [1.165, 1.54) is 0 Å². The van der Waals surface area contributed by atoms with Crippen molar-refractivity contribution >= 4 is 64.9 Å². The van der Waals surface area contributed by atoms with E-state index >= 15 is 0 Å². The number of benzene rings is 6. The lowest BCUT2D eigenvalue weighted by Crippen LogP contribution is -2.16. The number of aromatic nitrogens is 2. The molecule has 7 rings (SSSR count). The summed E-state index contributed by atoms with van der Waals surface area (Å²) in [6, 6.07) is 39.8. The number of fused-ring (bicyclic) bond motifs is 12. The second-order valence-corrected chi connectivity index (χ2v) is 10.3. The number of aryl methyl sites for hydroxylation is 2. The average molecular weight is 519 g/mol. The predicted octanol–water partition coefficient (Wildman–Crippen LogP) is 7.69. The molecule has 4 bridgehead atoms. The monoisotopic (exact) mass is 518 g/mol. The third-order valence-electron chi connectivity index (χ3n) is 7.95. The van der Waals surface area contributed by atoms with Crippen LogP contribution in [-0.4, -0.2) is 9.13 Å². The first-order valence-electron chi connectivity index (χ1n) is 13.3. The third kappa shape index (κ3) is 3.69. The van der Waals surface area contributed by atoms with Gasteiger partial charge in [0.1, 0.15) is 0 Å². The molecule has 4 heteroatoms. The van der Waals surface area contributed by atoms with Gasteiger partial charge in [-0.3, -0.25) is 9.59 Å². The van der Waals surface area contributed by atoms with Crippen LogP contribution in [0, 0.1) is 0 Å². The molecule has 0 aliphatic heterocycles. The molecule has 0 fully saturated rings. The second kappa shape index (κ2) is 9.21. The van der Waals surface area contributed by atoms with Gasteiger partial charge in [-0.1, -0.05) is 84.9 Å². The SMILES string of the molecule is Cn1c(=O)c2cc(cc3ccccc32)c2ccccc2n(C)c(=O)c2cc(cc3ccccc32)c2ccccc21. The minimum atomic E-state index is -0.0921. The summed E-state index contributed by atoms with van der Waals surface area (Å²) >= 11 is 0. The maximum atomic E-state index is 14.3. The van der Waals surface area contributed by atoms with E-state index in [2.05, 4.69) is 12.1 Å². The minimum absolute atomic E-state index is 0.0921. The van der Waals surface area contributed by atoms with Crippen LogP contribution < -0.4 is 11.1 Å². The van der Waals surface area contributed by atoms with Crippen LogP contribution in [-0.2, 0) is 14.1 Å². The fourth-order valence-electron chi connectivity index (χ4n) is 5.89. The summed E-state index contributed by atoms with van der Waals surface area (Å²) in [5.74, 6) is 0. The van der Waals surface area contributed by atoms with Crippen LogP contribution >= 0.6 is 0 Å². The standard InChI is InChI=1S/C36H26N2O2/c1-37-33-17-9-7-15-29(33)25-19-24-12-4-6-14-28(24)32(22-25)36(40)38(2)34-18-10-8-16-30(34)26-20-23-11-3-5-13-27(23)31(21-26)35(37)39/h3-22H,1-2H3. The Kier molecular flexibility index (Phi) is 5.49. The van der Waals surface area contributed by atoms with Gasteiger partial charge in [-0.15, -0.1) is 0 Å². The maximum absolute atomic E-state index is 14.3. The van der Waals surface area contributed by atoms with Crippen LogP contribution in [0.25, 0.3) is 64.9 Å². The quantitative estimate of drug-likeness (QED) is 0.207. The van der Waals surface area contributed by atoms with E-state index in [9.17, 15) is 9.59 Å². The van der Waals surface area contributed by atoms with Gasteiger partial charge in [0, 0.05) is 35.6 Å². The molecule has 1 aromatic heterocycles. The zero-order valence-electron chi connectivity index (χ0n) is 22.3. The smallest absolute Gasteiger partial charge is 0.258 e. The van der Waals surface area contributed by atoms with Gasteiger partial charge >= 0.3 is 0 Å². The highest BCUT2D eigenvalue weighted by Gasteiger charge is 2.09. The normalized spacial score (nSPS) is 11.4. The molecule has 192 valence electrons. The highest BCUT2D eigenvalue weighted by atomic mass is 16.1. The fraction of sp³-hybridized carbons (Fsp3) is 0.0556. The molecule has 0 aliphatic carbocycles. The van der Waals surface area contributed by atoms with Gasteiger partial charge in [-0.05, 0) is 68.7 Å². The number of hydrogen-bond acceptors (Lipinski definition) is 2. The van der Waals surface area contributed by atoms with Crippen molar-refractivity contribution < 1.29 is 0 Å². The molecule has 0 radical (unpaired) electrons. The van der Waals surface area contributed by atoms with Crippen molar-refractivity contribution in [2.24, 2.45) is 14.1 Å². The van der Waals surface area contributed by atoms with Gasteiger partial charge in [-0.25, -0.2) is 0 Å². The first-order valence-corrected chi connectivity index (χ1v) is 13.3. The molecule has 4 nitrogen and oxygen atoms in total. The number of rotatable bonds is 0. The van der Waals surface area contributed by atoms with Crippen LogP contribution in [0.2, 0.25) is 0 Å². The summed E-state index contributed by atoms with van der Waals surface area (Å²) in [6.07, 6.45) is 0. The number of nitrogens with zero attached hydrogens (tertiary/aromatic N) is 2. The zero-order valence-corrected chi connectivity index (χ0v) is 22.3. The van der Waals surface area contributed by atoms with Crippen molar-refractivity contribution in [2.45, 2.75) is 0 Å². The Labute approximate surface area is 229 Å². The topological polar surface area (TPSA) is 44.0 Å². The molecule has 40 heavy (non-hydrogen) atoms. The number of hydrogen-bond donors (Lipinski definition) is 0. The largest absolute Gasteiger partial charge is 0.311 e. The molecule has 0 aliphatic rings. The van der Waals surface area contributed by atoms with E-state index in [0.29, 0.717) is 10.8 Å². The van der Waals surface area contributed by atoms with E-state index in [1.54, 1.807) is 9.13 Å². The van der Waals surface area contributed by atoms with Gasteiger partial charge in [-0.2, -0.15) is 0 Å². The van der Waals surface area contributed by atoms with E-state index in [0.717, 1.165) is 54.1 Å². The lowest BCUT2D eigenvalue weighted by Gasteiger charge is -2.09. The lowest BCUT2D eigenvalue weighted by molar-refractivity contribution is 0.920. The number of para-hydroxylation sites is 2. The molecule has 0 spiro atoms. The van der Waals surface area contributed by atoms with Crippen molar-refractivity contribution in [3.05, 3.63) is 142 Å². The third-order valence-corrected chi connectivity index (χ3v) is 7.95. The first kappa shape index (κ1) is 23.9. The van der Waals surface area contributed by atoms with Crippen LogP contribution in [0.4, 0.5) is 0 Å². The molecule has 0 saturated heterocycles. The van der Waals surface area contributed by atoms with E-state index in [4.69, 9.17) is 0 Å². The Balaban J connectivity index is 1.91. The molecular weight excluding hydrogens is 492 g/mol. The summed E-state index contributed by atoms with van der Waals surface area (Å²) in [5.41, 5.74) is 1.37. The van der Waals surface area contributed by atoms with Crippen LogP contribution in [0.15, 0.2) is 131 Å². The molecule has 0 amide bonds. The fourth-order valence-corrected chi connectivity index (χ4v) is 5.89. The Morgan fingerprint density at radius 3 is 1.15 bits per heavy atom. The van der Waals surface area contributed by atoms with Gasteiger partial charge in [0.2, 0.25) is 0 Å². The van der Waals surface area contributed by atoms with E-state index < -0.39 is 0 Å². The first-order chi connectivity index (χ1) is 19.5.